The molecule has 4 rings (SSSR count). The van der Waals surface area contributed by atoms with Crippen molar-refractivity contribution in [3.8, 4) is 5.75 Å². The van der Waals surface area contributed by atoms with Gasteiger partial charge in [-0.3, -0.25) is 13.9 Å². The monoisotopic (exact) mass is 580 g/mol. The summed E-state index contributed by atoms with van der Waals surface area (Å²) in [6, 6.07) is 0.224. The van der Waals surface area contributed by atoms with Gasteiger partial charge in [0.2, 0.25) is 33.2 Å². The topological polar surface area (TPSA) is 139 Å². The first kappa shape index (κ1) is 29.4. The number of hydrogen-bond donors (Lipinski definition) is 0. The molecule has 1 amide bonds. The molecule has 2 unspecified atom stereocenters. The third kappa shape index (κ3) is 5.51. The molecule has 14 nitrogen and oxygen atoms in total. The van der Waals surface area contributed by atoms with Crippen LogP contribution in [0.4, 0.5) is 5.82 Å². The number of methoxy groups -OCH3 is 1. The molecule has 2 aromatic rings. The van der Waals surface area contributed by atoms with Crippen molar-refractivity contribution in [2.45, 2.75) is 33.2 Å². The van der Waals surface area contributed by atoms with E-state index in [-0.39, 0.29) is 42.4 Å². The van der Waals surface area contributed by atoms with E-state index in [9.17, 15) is 22.8 Å². The third-order valence-corrected chi connectivity index (χ3v) is 8.85. The van der Waals surface area contributed by atoms with Gasteiger partial charge in [0.1, 0.15) is 12.4 Å². The smallest absolute Gasteiger partial charge is 0.451 e. The number of carbonyl (C=O) groups is 2. The number of piperidine rings is 1. The Balaban J connectivity index is 1.94. The Morgan fingerprint density at radius 3 is 2.35 bits per heavy atom. The SMILES string of the molecule is COC(=O)c1nc2n(CC(=O)N3CC(C)CC(C)C3)cc(N3CCCS3(=O)=O)n2c(=O)c1OC(N(C)C)=[N+](C)C. The molecule has 0 saturated carbocycles. The Labute approximate surface area is 233 Å². The summed E-state index contributed by atoms with van der Waals surface area (Å²) in [5.74, 6) is -0.992. The van der Waals surface area contributed by atoms with E-state index in [0.29, 0.717) is 31.3 Å². The van der Waals surface area contributed by atoms with Crippen LogP contribution in [0.5, 0.6) is 5.75 Å². The molecule has 0 aromatic carbocycles. The molecule has 4 heterocycles. The van der Waals surface area contributed by atoms with Crippen LogP contribution >= 0.6 is 0 Å². The minimum Gasteiger partial charge on any atom is -0.464 e. The van der Waals surface area contributed by atoms with E-state index < -0.39 is 33.0 Å². The van der Waals surface area contributed by atoms with Crippen LogP contribution in [0, 0.1) is 11.8 Å². The number of nitrogens with zero attached hydrogens (tertiary/aromatic N) is 7. The molecular weight excluding hydrogens is 542 g/mol. The molecular formula is C25H38N7O7S+. The molecule has 2 aromatic heterocycles. The molecule has 15 heteroatoms. The number of sulfonamides is 1. The van der Waals surface area contributed by atoms with Crippen molar-refractivity contribution in [1.29, 1.82) is 0 Å². The maximum Gasteiger partial charge on any atom is 0.451 e. The molecule has 2 atom stereocenters. The van der Waals surface area contributed by atoms with Crippen molar-refractivity contribution >= 4 is 39.5 Å². The van der Waals surface area contributed by atoms with Crippen LogP contribution in [0.1, 0.15) is 37.2 Å². The van der Waals surface area contributed by atoms with Gasteiger partial charge in [-0.1, -0.05) is 13.8 Å². The summed E-state index contributed by atoms with van der Waals surface area (Å²) in [6.07, 6.45) is 2.82. The van der Waals surface area contributed by atoms with Gasteiger partial charge in [0.15, 0.2) is 0 Å². The molecule has 2 fully saturated rings. The van der Waals surface area contributed by atoms with Crippen molar-refractivity contribution < 1.29 is 32.1 Å². The van der Waals surface area contributed by atoms with E-state index in [1.807, 2.05) is 0 Å². The van der Waals surface area contributed by atoms with Gasteiger partial charge in [-0.25, -0.2) is 32.1 Å². The standard InChI is InChI=1S/C25H38N7O7S/c1-16-11-17(2)13-29(12-16)19(33)15-30-14-18(31-9-8-10-40(31,36)37)32-22(34)21(39-25(27(3)4)28(5)6)20(23(35)38-7)26-24(30)32/h14,16-17H,8-13,15H2,1-7H3/q+1. The van der Waals surface area contributed by atoms with Gasteiger partial charge in [-0.15, -0.1) is 0 Å². The second-order valence-corrected chi connectivity index (χ2v) is 13.0. The Morgan fingerprint density at radius 1 is 1.18 bits per heavy atom. The number of imidazole rings is 1. The number of esters is 1. The third-order valence-electron chi connectivity index (χ3n) is 7.00. The number of ether oxygens (including phenoxy) is 2. The van der Waals surface area contributed by atoms with Gasteiger partial charge in [0, 0.05) is 19.6 Å². The van der Waals surface area contributed by atoms with Crippen LogP contribution < -0.4 is 14.6 Å². The molecule has 2 saturated heterocycles. The quantitative estimate of drug-likeness (QED) is 0.205. The second-order valence-electron chi connectivity index (χ2n) is 11.0. The summed E-state index contributed by atoms with van der Waals surface area (Å²) in [5.41, 5.74) is -1.20. The highest BCUT2D eigenvalue weighted by Gasteiger charge is 2.35. The zero-order chi connectivity index (χ0) is 29.5. The number of carbonyl (C=O) groups excluding carboxylic acids is 2. The van der Waals surface area contributed by atoms with Crippen molar-refractivity contribution in [1.82, 2.24) is 23.8 Å². The number of amidine groups is 1. The fourth-order valence-electron chi connectivity index (χ4n) is 5.45. The Morgan fingerprint density at radius 2 is 1.82 bits per heavy atom. The zero-order valence-electron chi connectivity index (χ0n) is 24.1. The summed E-state index contributed by atoms with van der Waals surface area (Å²) in [6.45, 7) is 5.34. The lowest BCUT2D eigenvalue weighted by molar-refractivity contribution is -0.478. The molecule has 0 N–H and O–H groups in total. The highest BCUT2D eigenvalue weighted by molar-refractivity contribution is 7.93. The summed E-state index contributed by atoms with van der Waals surface area (Å²) >= 11 is 0. The lowest BCUT2D eigenvalue weighted by Gasteiger charge is -2.35. The Bertz CT molecular complexity index is 1510. The van der Waals surface area contributed by atoms with E-state index in [2.05, 4.69) is 18.8 Å². The van der Waals surface area contributed by atoms with Crippen molar-refractivity contribution in [3.63, 3.8) is 0 Å². The molecule has 220 valence electrons. The van der Waals surface area contributed by atoms with Crippen LogP contribution in [0.2, 0.25) is 0 Å². The summed E-state index contributed by atoms with van der Waals surface area (Å²) < 4.78 is 41.9. The number of aromatic nitrogens is 3. The van der Waals surface area contributed by atoms with E-state index >= 15 is 0 Å². The van der Waals surface area contributed by atoms with Crippen LogP contribution in [0.15, 0.2) is 11.0 Å². The lowest BCUT2D eigenvalue weighted by atomic mass is 9.92. The van der Waals surface area contributed by atoms with Gasteiger partial charge >= 0.3 is 17.6 Å². The highest BCUT2D eigenvalue weighted by Crippen LogP contribution is 2.28. The number of likely N-dealkylation sites (tertiary alicyclic amines) is 1. The zero-order valence-corrected chi connectivity index (χ0v) is 24.9. The number of rotatable bonds is 5. The fraction of sp³-hybridized carbons (Fsp3) is 0.640. The fourth-order valence-corrected chi connectivity index (χ4v) is 6.99. The summed E-state index contributed by atoms with van der Waals surface area (Å²) in [4.78, 5) is 48.1. The first-order valence-corrected chi connectivity index (χ1v) is 14.8. The molecule has 2 aliphatic heterocycles. The van der Waals surface area contributed by atoms with Crippen molar-refractivity contribution in [2.24, 2.45) is 11.8 Å². The largest absolute Gasteiger partial charge is 0.464 e. The number of anilines is 1. The average Bonchev–Trinajstić information content (AvgIpc) is 3.40. The minimum atomic E-state index is -3.71. The van der Waals surface area contributed by atoms with Gasteiger partial charge < -0.3 is 18.9 Å². The minimum absolute atomic E-state index is 0.0238. The van der Waals surface area contributed by atoms with Crippen LogP contribution in [-0.4, -0.2) is 115 Å². The van der Waals surface area contributed by atoms with Crippen molar-refractivity contribution in [3.05, 3.63) is 22.2 Å². The molecule has 0 spiro atoms. The van der Waals surface area contributed by atoms with E-state index in [0.717, 1.165) is 22.2 Å². The second kappa shape index (κ2) is 11.1. The number of fused-ring (bicyclic) bond motifs is 1. The number of hydrogen-bond acceptors (Lipinski definition) is 8. The average molecular weight is 581 g/mol. The van der Waals surface area contributed by atoms with Gasteiger partial charge in [0.25, 0.3) is 0 Å². The molecule has 0 bridgehead atoms. The van der Waals surface area contributed by atoms with Crippen LogP contribution in [-0.2, 0) is 26.1 Å². The maximum absolute atomic E-state index is 14.0. The molecule has 0 radical (unpaired) electrons. The maximum atomic E-state index is 14.0. The molecule has 2 aliphatic rings. The van der Waals surface area contributed by atoms with Crippen molar-refractivity contribution in [2.75, 3.05) is 65.0 Å². The summed E-state index contributed by atoms with van der Waals surface area (Å²) in [7, 11) is 4.24. The first-order valence-electron chi connectivity index (χ1n) is 13.2. The normalized spacial score (nSPS) is 20.5. The van der Waals surface area contributed by atoms with E-state index in [1.54, 1.807) is 42.6 Å². The van der Waals surface area contributed by atoms with Crippen LogP contribution in [0.25, 0.3) is 5.78 Å². The first-order chi connectivity index (χ1) is 18.7. The van der Waals surface area contributed by atoms with Crippen LogP contribution in [0.3, 0.4) is 0 Å². The molecule has 40 heavy (non-hydrogen) atoms. The van der Waals surface area contributed by atoms with E-state index in [1.165, 1.54) is 10.8 Å². The Hall–Kier alpha value is -3.62. The summed E-state index contributed by atoms with van der Waals surface area (Å²) in [5, 5.41) is 0. The van der Waals surface area contributed by atoms with Gasteiger partial charge in [-0.2, -0.15) is 0 Å². The van der Waals surface area contributed by atoms with E-state index in [4.69, 9.17) is 9.47 Å². The predicted octanol–water partition coefficient (Wildman–Crippen LogP) is -0.104. The predicted molar refractivity (Wildman–Crippen MR) is 147 cm³/mol. The highest BCUT2D eigenvalue weighted by atomic mass is 32.2. The van der Waals surface area contributed by atoms with Gasteiger partial charge in [0.05, 0.1) is 47.3 Å². The Kier molecular flexibility index (Phi) is 8.15. The van der Waals surface area contributed by atoms with Gasteiger partial charge in [-0.05, 0) is 24.7 Å². The lowest BCUT2D eigenvalue weighted by Crippen LogP contribution is -2.44. The number of amides is 1. The molecule has 0 aliphatic carbocycles.